The molecule has 0 aliphatic carbocycles. The molecule has 2 aromatic heterocycles. The number of nitrogens with one attached hydrogen (secondary N) is 1. The molecule has 1 aromatic carbocycles. The number of benzene rings is 1. The molecule has 2 heterocycles. The minimum absolute atomic E-state index is 0. The number of rotatable bonds is 0. The summed E-state index contributed by atoms with van der Waals surface area (Å²) in [7, 11) is 0. The molecule has 0 amide bonds. The van der Waals surface area contributed by atoms with E-state index in [0.29, 0.717) is 0 Å². The van der Waals surface area contributed by atoms with E-state index in [1.54, 1.807) is 12.4 Å². The number of aromatic nitrogens is 3. The maximum atomic E-state index is 4.26. The summed E-state index contributed by atoms with van der Waals surface area (Å²) in [6.07, 6.45) is 3.50. The summed E-state index contributed by atoms with van der Waals surface area (Å²) in [5.41, 5.74) is 2.15. The second-order valence-electron chi connectivity index (χ2n) is 3.13. The Morgan fingerprint density at radius 2 is 1.40 bits per heavy atom. The Labute approximate surface area is 154 Å². The fraction of sp³-hybridized carbons (Fsp3) is 0. The van der Waals surface area contributed by atoms with Crippen LogP contribution in [0, 0.1) is 0 Å². The Kier molecular flexibility index (Phi) is 16.9. The summed E-state index contributed by atoms with van der Waals surface area (Å²) in [4.78, 5) is 11.2. The minimum Gasteiger partial charge on any atom is -0.265 e. The molecule has 3 nitrogen and oxygen atoms in total. The molecule has 0 spiro atoms. The zero-order valence-corrected chi connectivity index (χ0v) is 14.7. The number of H-pyrrole nitrogens is 1. The third-order valence-electron chi connectivity index (χ3n) is 1.96. The number of nitrogens with zero attached hydrogens (tertiary/aromatic N) is 2. The van der Waals surface area contributed by atoms with E-state index < -0.39 is 0 Å². The van der Waals surface area contributed by atoms with Gasteiger partial charge < -0.3 is 49.6 Å². The van der Waals surface area contributed by atoms with Crippen LogP contribution >= 0.6 is 0 Å². The average molecular weight is 386 g/mol. The normalized spacial score (nSPS) is 7.70. The number of hydrogen-bond donors (Lipinski definition) is 1. The third-order valence-corrected chi connectivity index (χ3v) is 2.33. The Hall–Kier alpha value is -0.286. The van der Waals surface area contributed by atoms with Crippen molar-refractivity contribution < 1.29 is 70.1 Å². The SMILES string of the molecule is [Cl-].[Cl-].[Cl-].[Cl-].[Ti+4][c]1nc2ccccc2[nH]1.c1ccncc1. The fourth-order valence-electron chi connectivity index (χ4n) is 1.27. The molecule has 0 radical (unpaired) electrons. The topological polar surface area (TPSA) is 41.6 Å². The Balaban J connectivity index is -0.000000260. The number of fused-ring (bicyclic) bond motifs is 1. The maximum absolute atomic E-state index is 4.26. The summed E-state index contributed by atoms with van der Waals surface area (Å²) in [6, 6.07) is 13.7. The molecule has 20 heavy (non-hydrogen) atoms. The first-order chi connectivity index (χ1) is 7.86. The van der Waals surface area contributed by atoms with Gasteiger partial charge in [0.2, 0.25) is 0 Å². The summed E-state index contributed by atoms with van der Waals surface area (Å²) in [5, 5.41) is 0. The zero-order valence-electron chi connectivity index (χ0n) is 10.1. The van der Waals surface area contributed by atoms with E-state index in [0.717, 1.165) is 15.2 Å². The largest absolute Gasteiger partial charge is 0.265 e. The number of imidazole rings is 1. The minimum atomic E-state index is 0. The van der Waals surface area contributed by atoms with Crippen LogP contribution in [0.5, 0.6) is 0 Å². The molecule has 0 atom stereocenters. The van der Waals surface area contributed by atoms with Gasteiger partial charge in [0.15, 0.2) is 0 Å². The zero-order chi connectivity index (χ0) is 11.2. The van der Waals surface area contributed by atoms with Gasteiger partial charge in [-0.05, 0) is 12.1 Å². The van der Waals surface area contributed by atoms with Gasteiger partial charge in [0.1, 0.15) is 0 Å². The molecule has 105 valence electrons. The smallest absolute Gasteiger partial charge is 0.0267 e. The summed E-state index contributed by atoms with van der Waals surface area (Å²) in [5.74, 6) is 0. The van der Waals surface area contributed by atoms with Gasteiger partial charge in [0, 0.05) is 12.4 Å². The van der Waals surface area contributed by atoms with E-state index in [1.165, 1.54) is 0 Å². The van der Waals surface area contributed by atoms with Gasteiger partial charge in [-0.15, -0.1) is 0 Å². The first kappa shape index (κ1) is 24.7. The Morgan fingerprint density at radius 1 is 0.800 bits per heavy atom. The number of hydrogen-bond acceptors (Lipinski definition) is 2. The van der Waals surface area contributed by atoms with Crippen molar-refractivity contribution in [2.24, 2.45) is 0 Å². The van der Waals surface area contributed by atoms with Crippen molar-refractivity contribution in [1.29, 1.82) is 0 Å². The van der Waals surface area contributed by atoms with E-state index in [2.05, 4.69) is 15.0 Å². The van der Waals surface area contributed by atoms with Crippen LogP contribution < -0.4 is 53.8 Å². The first-order valence-electron chi connectivity index (χ1n) is 4.87. The monoisotopic (exact) mass is 384 g/mol. The summed E-state index contributed by atoms with van der Waals surface area (Å²) < 4.78 is 0.973. The molecular weight excluding hydrogens is 376 g/mol. The third kappa shape index (κ3) is 8.10. The molecule has 1 N–H and O–H groups in total. The van der Waals surface area contributed by atoms with Crippen molar-refractivity contribution in [1.82, 2.24) is 15.0 Å². The molecule has 0 aliphatic heterocycles. The Morgan fingerprint density at radius 3 is 1.85 bits per heavy atom. The molecule has 0 unspecified atom stereocenters. The molecule has 3 rings (SSSR count). The first-order valence-corrected chi connectivity index (χ1v) is 5.66. The molecule has 0 aliphatic rings. The molecule has 0 saturated heterocycles. The van der Waals surface area contributed by atoms with E-state index in [4.69, 9.17) is 0 Å². The molecule has 0 saturated carbocycles. The van der Waals surface area contributed by atoms with E-state index in [-0.39, 0.29) is 49.6 Å². The van der Waals surface area contributed by atoms with Crippen LogP contribution in [0.25, 0.3) is 11.0 Å². The van der Waals surface area contributed by atoms with Gasteiger partial charge in [-0.2, -0.15) is 0 Å². The van der Waals surface area contributed by atoms with Crippen molar-refractivity contribution in [2.75, 3.05) is 0 Å². The van der Waals surface area contributed by atoms with E-state index >= 15 is 0 Å². The van der Waals surface area contributed by atoms with E-state index in [1.807, 2.05) is 62.9 Å². The molecule has 3 aromatic rings. The predicted octanol–water partition coefficient (Wildman–Crippen LogP) is -10.2. The van der Waals surface area contributed by atoms with Crippen LogP contribution in [-0.2, 0) is 20.4 Å². The van der Waals surface area contributed by atoms with Gasteiger partial charge in [0.05, 0.1) is 0 Å². The van der Waals surface area contributed by atoms with Crippen molar-refractivity contribution in [2.45, 2.75) is 0 Å². The van der Waals surface area contributed by atoms with Gasteiger partial charge >= 0.3 is 69.8 Å². The fourth-order valence-corrected chi connectivity index (χ4v) is 1.66. The predicted molar refractivity (Wildman–Crippen MR) is 60.0 cm³/mol. The van der Waals surface area contributed by atoms with Crippen molar-refractivity contribution >= 4 is 15.2 Å². The Bertz CT molecular complexity index is 503. The second-order valence-corrected chi connectivity index (χ2v) is 3.87. The maximum Gasteiger partial charge on any atom is 0.0267 e. The quantitative estimate of drug-likeness (QED) is 0.391. The molecule has 0 fully saturated rings. The van der Waals surface area contributed by atoms with Crippen LogP contribution in [0.15, 0.2) is 54.9 Å². The number of para-hydroxylation sites is 2. The van der Waals surface area contributed by atoms with Crippen LogP contribution in [0.3, 0.4) is 0 Å². The number of aromatic amines is 1. The molecular formula is C12H10Cl4N3Ti. The van der Waals surface area contributed by atoms with Gasteiger partial charge in [0.25, 0.3) is 0 Å². The molecule has 0 bridgehead atoms. The second kappa shape index (κ2) is 13.7. The van der Waals surface area contributed by atoms with Gasteiger partial charge in [-0.3, -0.25) is 4.98 Å². The number of halogens is 4. The number of pyridine rings is 1. The average Bonchev–Trinajstić information content (AvgIpc) is 2.72. The van der Waals surface area contributed by atoms with Crippen LogP contribution in [0.1, 0.15) is 0 Å². The van der Waals surface area contributed by atoms with Crippen molar-refractivity contribution in [3.63, 3.8) is 0 Å². The van der Waals surface area contributed by atoms with Gasteiger partial charge in [-0.1, -0.05) is 6.07 Å². The summed E-state index contributed by atoms with van der Waals surface area (Å²) in [6.45, 7) is 0. The van der Waals surface area contributed by atoms with E-state index in [9.17, 15) is 0 Å². The standard InChI is InChI=1S/C7H5N2.C5H5N.4ClH.Ti/c1-2-4-7-6(3-1)8-5-9-7;1-2-4-6-5-3-1;;;;;/h1-4H,(H,8,9);1-5H;4*1H;/q;;;;;;+4/p-4. The van der Waals surface area contributed by atoms with Crippen molar-refractivity contribution in [3.8, 4) is 0 Å². The van der Waals surface area contributed by atoms with Crippen molar-refractivity contribution in [3.05, 3.63) is 54.9 Å². The van der Waals surface area contributed by atoms with Crippen LogP contribution in [0.2, 0.25) is 0 Å². The van der Waals surface area contributed by atoms with Crippen LogP contribution in [-0.4, -0.2) is 15.0 Å². The van der Waals surface area contributed by atoms with Crippen LogP contribution in [0.4, 0.5) is 0 Å². The van der Waals surface area contributed by atoms with Gasteiger partial charge in [-0.25, -0.2) is 0 Å². The molecule has 8 heteroatoms. The summed E-state index contributed by atoms with van der Waals surface area (Å²) >= 11 is 1.96.